The first-order valence-electron chi connectivity index (χ1n) is 7.71. The lowest BCUT2D eigenvalue weighted by molar-refractivity contribution is -0.149. The van der Waals surface area contributed by atoms with Crippen LogP contribution in [0.5, 0.6) is 0 Å². The number of aryl methyl sites for hydroxylation is 1. The second kappa shape index (κ2) is 5.58. The molecule has 0 radical (unpaired) electrons. The third kappa shape index (κ3) is 2.42. The van der Waals surface area contributed by atoms with Crippen molar-refractivity contribution >= 4 is 12.0 Å². The Bertz CT molecular complexity index is 587. The molecule has 1 aliphatic heterocycles. The zero-order valence-corrected chi connectivity index (χ0v) is 12.6. The van der Waals surface area contributed by atoms with Crippen molar-refractivity contribution in [1.82, 2.24) is 25.4 Å². The molecule has 0 unspecified atom stereocenters. The summed E-state index contributed by atoms with van der Waals surface area (Å²) >= 11 is 0. The molecule has 2 fully saturated rings. The van der Waals surface area contributed by atoms with Gasteiger partial charge < -0.3 is 15.3 Å². The van der Waals surface area contributed by atoms with Crippen molar-refractivity contribution in [3.63, 3.8) is 0 Å². The first-order valence-corrected chi connectivity index (χ1v) is 7.71. The number of rotatable bonds is 4. The number of carbonyl (C=O) groups is 2. The van der Waals surface area contributed by atoms with Crippen LogP contribution >= 0.6 is 0 Å². The van der Waals surface area contributed by atoms with Crippen molar-refractivity contribution in [3.05, 3.63) is 11.6 Å². The van der Waals surface area contributed by atoms with E-state index in [1.54, 1.807) is 4.90 Å². The van der Waals surface area contributed by atoms with Crippen molar-refractivity contribution in [3.8, 4) is 0 Å². The Labute approximate surface area is 128 Å². The molecule has 0 spiro atoms. The number of carboxylic acids is 1. The highest BCUT2D eigenvalue weighted by Gasteiger charge is 2.55. The summed E-state index contributed by atoms with van der Waals surface area (Å²) in [6, 6.07) is -0.232. The van der Waals surface area contributed by atoms with Gasteiger partial charge in [0.2, 0.25) is 0 Å². The zero-order chi connectivity index (χ0) is 15.7. The normalized spacial score (nSPS) is 27.0. The second-order valence-corrected chi connectivity index (χ2v) is 6.14. The molecule has 2 aliphatic rings. The Hall–Kier alpha value is -2.12. The van der Waals surface area contributed by atoms with Crippen molar-refractivity contribution in [2.24, 2.45) is 11.3 Å². The van der Waals surface area contributed by atoms with Crippen molar-refractivity contribution < 1.29 is 14.7 Å². The lowest BCUT2D eigenvalue weighted by atomic mass is 9.81. The number of carbonyl (C=O) groups excluding carboxylic acids is 1. The van der Waals surface area contributed by atoms with Gasteiger partial charge in [-0.25, -0.2) is 9.78 Å². The van der Waals surface area contributed by atoms with Gasteiger partial charge in [-0.15, -0.1) is 0 Å². The fraction of sp³-hybridized carbons (Fsp3) is 0.714. The summed E-state index contributed by atoms with van der Waals surface area (Å²) in [5.41, 5.74) is -0.737. The molecular weight excluding hydrogens is 286 g/mol. The first-order chi connectivity index (χ1) is 10.5. The quantitative estimate of drug-likeness (QED) is 0.760. The smallest absolute Gasteiger partial charge is 0.317 e. The van der Waals surface area contributed by atoms with Gasteiger partial charge in [-0.2, -0.15) is 5.10 Å². The molecule has 1 aromatic heterocycles. The number of fused-ring (bicyclic) bond motifs is 1. The van der Waals surface area contributed by atoms with E-state index < -0.39 is 11.4 Å². The van der Waals surface area contributed by atoms with Crippen molar-refractivity contribution in [2.75, 3.05) is 13.1 Å². The molecule has 3 N–H and O–H groups in total. The van der Waals surface area contributed by atoms with Gasteiger partial charge >= 0.3 is 12.0 Å². The summed E-state index contributed by atoms with van der Waals surface area (Å²) in [5.74, 6) is 0.628. The van der Waals surface area contributed by atoms with Crippen LogP contribution in [0.15, 0.2) is 0 Å². The number of aromatic amines is 1. The molecule has 1 aromatic rings. The van der Waals surface area contributed by atoms with E-state index in [9.17, 15) is 14.7 Å². The van der Waals surface area contributed by atoms with Crippen molar-refractivity contribution in [2.45, 2.75) is 39.2 Å². The number of aliphatic carboxylic acids is 1. The number of nitrogens with zero attached hydrogens (tertiary/aromatic N) is 3. The predicted octanol–water partition coefficient (Wildman–Crippen LogP) is 0.763. The van der Waals surface area contributed by atoms with E-state index in [1.165, 1.54) is 0 Å². The molecule has 22 heavy (non-hydrogen) atoms. The molecule has 2 heterocycles. The fourth-order valence-corrected chi connectivity index (χ4v) is 3.64. The first kappa shape index (κ1) is 14.8. The van der Waals surface area contributed by atoms with Crippen LogP contribution in [0.1, 0.15) is 37.8 Å². The van der Waals surface area contributed by atoms with E-state index in [4.69, 9.17) is 0 Å². The zero-order valence-electron chi connectivity index (χ0n) is 12.6. The summed E-state index contributed by atoms with van der Waals surface area (Å²) in [6.45, 7) is 3.05. The SMILES string of the molecule is CCc1n[nH]c(CNC(=O)N2C[C@@H]3CCC[C@@]3(C(=O)O)C2)n1. The minimum Gasteiger partial charge on any atom is -0.481 e. The Balaban J connectivity index is 1.58. The topological polar surface area (TPSA) is 111 Å². The molecular formula is C14H21N5O3. The number of nitrogens with one attached hydrogen (secondary N) is 2. The monoisotopic (exact) mass is 307 g/mol. The molecule has 8 nitrogen and oxygen atoms in total. The van der Waals surface area contributed by atoms with E-state index in [-0.39, 0.29) is 18.5 Å². The molecule has 0 bridgehead atoms. The van der Waals surface area contributed by atoms with Gasteiger partial charge in [-0.3, -0.25) is 9.89 Å². The molecule has 8 heteroatoms. The Morgan fingerprint density at radius 3 is 3.00 bits per heavy atom. The highest BCUT2D eigenvalue weighted by atomic mass is 16.4. The van der Waals surface area contributed by atoms with E-state index in [2.05, 4.69) is 20.5 Å². The summed E-state index contributed by atoms with van der Waals surface area (Å²) in [7, 11) is 0. The van der Waals surface area contributed by atoms with Crippen LogP contribution in [0.4, 0.5) is 4.79 Å². The minimum atomic E-state index is -0.770. The van der Waals surface area contributed by atoms with Crippen LogP contribution in [0.2, 0.25) is 0 Å². The third-order valence-corrected chi connectivity index (χ3v) is 4.89. The van der Waals surface area contributed by atoms with Crippen LogP contribution < -0.4 is 5.32 Å². The van der Waals surface area contributed by atoms with Crippen LogP contribution in [-0.2, 0) is 17.8 Å². The average molecular weight is 307 g/mol. The van der Waals surface area contributed by atoms with E-state index in [0.29, 0.717) is 31.2 Å². The van der Waals surface area contributed by atoms with Crippen LogP contribution in [0.3, 0.4) is 0 Å². The van der Waals surface area contributed by atoms with Crippen LogP contribution in [0, 0.1) is 11.3 Å². The van der Waals surface area contributed by atoms with E-state index in [1.807, 2.05) is 6.92 Å². The van der Waals surface area contributed by atoms with E-state index in [0.717, 1.165) is 19.3 Å². The summed E-state index contributed by atoms with van der Waals surface area (Å²) in [5, 5.41) is 19.1. The number of hydrogen-bond acceptors (Lipinski definition) is 4. The predicted molar refractivity (Wildman–Crippen MR) is 77.0 cm³/mol. The number of carboxylic acid groups (broad SMARTS) is 1. The second-order valence-electron chi connectivity index (χ2n) is 6.14. The van der Waals surface area contributed by atoms with Gasteiger partial charge in [0.25, 0.3) is 0 Å². The summed E-state index contributed by atoms with van der Waals surface area (Å²) < 4.78 is 0. The average Bonchev–Trinajstić information content (AvgIpc) is 3.17. The molecule has 1 saturated heterocycles. The van der Waals surface area contributed by atoms with Gasteiger partial charge in [-0.05, 0) is 18.8 Å². The lowest BCUT2D eigenvalue weighted by Crippen LogP contribution is -2.41. The maximum Gasteiger partial charge on any atom is 0.317 e. The number of aromatic nitrogens is 3. The van der Waals surface area contributed by atoms with Gasteiger partial charge in [0.05, 0.1) is 12.0 Å². The fourth-order valence-electron chi connectivity index (χ4n) is 3.64. The largest absolute Gasteiger partial charge is 0.481 e. The molecule has 0 aromatic carbocycles. The van der Waals surface area contributed by atoms with Gasteiger partial charge in [-0.1, -0.05) is 13.3 Å². The van der Waals surface area contributed by atoms with Gasteiger partial charge in [0, 0.05) is 19.5 Å². The number of amides is 2. The number of H-pyrrole nitrogens is 1. The number of likely N-dealkylation sites (tertiary alicyclic amines) is 1. The molecule has 3 rings (SSSR count). The standard InChI is InChI=1S/C14H21N5O3/c1-2-10-16-11(18-17-10)6-15-13(22)19-7-9-4-3-5-14(9,8-19)12(20)21/h9H,2-8H2,1H3,(H,15,22)(H,20,21)(H,16,17,18)/t9-,14+/m0/s1. The van der Waals surface area contributed by atoms with Crippen LogP contribution in [-0.4, -0.2) is 50.3 Å². The molecule has 1 aliphatic carbocycles. The van der Waals surface area contributed by atoms with Gasteiger partial charge in [0.15, 0.2) is 5.82 Å². The van der Waals surface area contributed by atoms with Crippen molar-refractivity contribution in [1.29, 1.82) is 0 Å². The number of urea groups is 1. The van der Waals surface area contributed by atoms with E-state index >= 15 is 0 Å². The molecule has 2 atom stereocenters. The Morgan fingerprint density at radius 1 is 1.55 bits per heavy atom. The lowest BCUT2D eigenvalue weighted by Gasteiger charge is -2.23. The maximum atomic E-state index is 12.3. The highest BCUT2D eigenvalue weighted by molar-refractivity contribution is 5.80. The summed E-state index contributed by atoms with van der Waals surface area (Å²) in [4.78, 5) is 29.7. The summed E-state index contributed by atoms with van der Waals surface area (Å²) in [6.07, 6.45) is 3.22. The van der Waals surface area contributed by atoms with Crippen LogP contribution in [0.25, 0.3) is 0 Å². The minimum absolute atomic E-state index is 0.0766. The molecule has 1 saturated carbocycles. The van der Waals surface area contributed by atoms with Gasteiger partial charge in [0.1, 0.15) is 5.82 Å². The maximum absolute atomic E-state index is 12.3. The highest BCUT2D eigenvalue weighted by Crippen LogP contribution is 2.48. The molecule has 120 valence electrons. The Kier molecular flexibility index (Phi) is 3.76. The Morgan fingerprint density at radius 2 is 2.36 bits per heavy atom. The third-order valence-electron chi connectivity index (χ3n) is 4.89. The molecule has 2 amide bonds. The number of hydrogen-bond donors (Lipinski definition) is 3.